The van der Waals surface area contributed by atoms with Gasteiger partial charge >= 0.3 is 5.69 Å². The second-order valence-corrected chi connectivity index (χ2v) is 3.34. The average Bonchev–Trinajstić information content (AvgIpc) is 2.30. The Kier molecular flexibility index (Phi) is 4.41. The predicted octanol–water partition coefficient (Wildman–Crippen LogP) is 1.52. The van der Waals surface area contributed by atoms with Crippen LogP contribution < -0.4 is 16.4 Å². The van der Waals surface area contributed by atoms with Crippen molar-refractivity contribution in [2.45, 2.75) is 6.92 Å². The molecule has 0 bridgehead atoms. The van der Waals surface area contributed by atoms with Crippen molar-refractivity contribution in [1.29, 1.82) is 0 Å². The number of aliphatic imine (C=N–C) groups is 1. The fourth-order valence-corrected chi connectivity index (χ4v) is 1.36. The zero-order valence-corrected chi connectivity index (χ0v) is 10.0. The lowest BCUT2D eigenvalue weighted by Gasteiger charge is -2.11. The van der Waals surface area contributed by atoms with Gasteiger partial charge in [0.1, 0.15) is 0 Å². The zero-order valence-electron chi connectivity index (χ0n) is 10.0. The summed E-state index contributed by atoms with van der Waals surface area (Å²) < 4.78 is 13.4. The highest BCUT2D eigenvalue weighted by molar-refractivity contribution is 5.96. The molecule has 0 fully saturated rings. The monoisotopic (exact) mass is 255 g/mol. The summed E-state index contributed by atoms with van der Waals surface area (Å²) >= 11 is 0. The third-order valence-corrected chi connectivity index (χ3v) is 2.14. The molecule has 98 valence electrons. The number of rotatable bonds is 4. The third-order valence-electron chi connectivity index (χ3n) is 2.14. The van der Waals surface area contributed by atoms with Crippen LogP contribution in [0.5, 0.6) is 0 Å². The molecule has 1 rings (SSSR count). The van der Waals surface area contributed by atoms with Crippen LogP contribution in [-0.2, 0) is 0 Å². The van der Waals surface area contributed by atoms with E-state index in [1.54, 1.807) is 14.0 Å². The molecule has 0 saturated heterocycles. The first-order valence-corrected chi connectivity index (χ1v) is 5.22. The van der Waals surface area contributed by atoms with Gasteiger partial charge in [-0.25, -0.2) is 0 Å². The van der Waals surface area contributed by atoms with Gasteiger partial charge < -0.3 is 16.4 Å². The predicted molar refractivity (Wildman–Crippen MR) is 68.4 cm³/mol. The van der Waals surface area contributed by atoms with Crippen molar-refractivity contribution in [2.24, 2.45) is 10.7 Å². The number of nitro benzene ring substituents is 1. The summed E-state index contributed by atoms with van der Waals surface area (Å²) in [4.78, 5) is 13.7. The van der Waals surface area contributed by atoms with Gasteiger partial charge in [0.15, 0.2) is 5.96 Å². The lowest BCUT2D eigenvalue weighted by atomic mass is 10.2. The quantitative estimate of drug-likeness (QED) is 0.327. The van der Waals surface area contributed by atoms with E-state index in [2.05, 4.69) is 15.6 Å². The number of guanidine groups is 1. The van der Waals surface area contributed by atoms with Crippen molar-refractivity contribution in [3.63, 3.8) is 0 Å². The van der Waals surface area contributed by atoms with Crippen molar-refractivity contribution in [3.05, 3.63) is 28.1 Å². The van der Waals surface area contributed by atoms with Gasteiger partial charge in [0.2, 0.25) is 5.82 Å². The first-order valence-electron chi connectivity index (χ1n) is 5.22. The minimum atomic E-state index is -0.916. The Balaban J connectivity index is 3.20. The van der Waals surface area contributed by atoms with E-state index in [0.717, 1.165) is 12.1 Å². The Bertz CT molecular complexity index is 489. The molecular weight excluding hydrogens is 241 g/mol. The summed E-state index contributed by atoms with van der Waals surface area (Å²) in [7, 11) is 1.57. The van der Waals surface area contributed by atoms with Gasteiger partial charge in [-0.3, -0.25) is 15.1 Å². The van der Waals surface area contributed by atoms with Gasteiger partial charge in [0, 0.05) is 25.7 Å². The normalized spacial score (nSPS) is 11.2. The maximum atomic E-state index is 13.4. The summed E-state index contributed by atoms with van der Waals surface area (Å²) in [5, 5.41) is 16.0. The van der Waals surface area contributed by atoms with Crippen LogP contribution in [0.4, 0.5) is 21.5 Å². The highest BCUT2D eigenvalue weighted by atomic mass is 19.1. The molecule has 8 heteroatoms. The molecule has 18 heavy (non-hydrogen) atoms. The van der Waals surface area contributed by atoms with Gasteiger partial charge in [-0.05, 0) is 6.92 Å². The minimum Gasteiger partial charge on any atom is -0.386 e. The van der Waals surface area contributed by atoms with E-state index < -0.39 is 16.4 Å². The van der Waals surface area contributed by atoms with E-state index in [1.807, 2.05) is 0 Å². The molecule has 0 aliphatic heterocycles. The number of nitrogens with zero attached hydrogens (tertiary/aromatic N) is 2. The fourth-order valence-electron chi connectivity index (χ4n) is 1.36. The molecule has 0 atom stereocenters. The Morgan fingerprint density at radius 2 is 2.22 bits per heavy atom. The minimum absolute atomic E-state index is 0.106. The Morgan fingerprint density at radius 1 is 1.56 bits per heavy atom. The van der Waals surface area contributed by atoms with E-state index in [-0.39, 0.29) is 5.96 Å². The van der Waals surface area contributed by atoms with Crippen LogP contribution in [0.25, 0.3) is 0 Å². The lowest BCUT2D eigenvalue weighted by Crippen LogP contribution is -2.23. The number of nitrogens with one attached hydrogen (secondary N) is 2. The maximum Gasteiger partial charge on any atom is 0.307 e. The van der Waals surface area contributed by atoms with Crippen molar-refractivity contribution in [1.82, 2.24) is 0 Å². The van der Waals surface area contributed by atoms with E-state index in [0.29, 0.717) is 17.9 Å². The summed E-state index contributed by atoms with van der Waals surface area (Å²) in [6, 6.07) is 2.10. The van der Waals surface area contributed by atoms with Gasteiger partial charge in [0.25, 0.3) is 0 Å². The van der Waals surface area contributed by atoms with Gasteiger partial charge in [-0.1, -0.05) is 0 Å². The van der Waals surface area contributed by atoms with Gasteiger partial charge in [-0.2, -0.15) is 4.39 Å². The number of nitrogens with two attached hydrogens (primary N) is 1. The second kappa shape index (κ2) is 5.80. The molecule has 0 aliphatic rings. The highest BCUT2D eigenvalue weighted by Crippen LogP contribution is 2.29. The van der Waals surface area contributed by atoms with Crippen LogP contribution in [0, 0.1) is 15.9 Å². The van der Waals surface area contributed by atoms with E-state index in [1.165, 1.54) is 0 Å². The van der Waals surface area contributed by atoms with Gasteiger partial charge in [0.05, 0.1) is 16.3 Å². The molecule has 0 radical (unpaired) electrons. The van der Waals surface area contributed by atoms with Crippen molar-refractivity contribution in [2.75, 3.05) is 24.2 Å². The zero-order chi connectivity index (χ0) is 13.7. The van der Waals surface area contributed by atoms with Crippen LogP contribution in [0.1, 0.15) is 6.92 Å². The molecule has 4 N–H and O–H groups in total. The largest absolute Gasteiger partial charge is 0.386 e. The molecule has 0 aromatic heterocycles. The maximum absolute atomic E-state index is 13.4. The lowest BCUT2D eigenvalue weighted by molar-refractivity contribution is -0.387. The topological polar surface area (TPSA) is 106 Å². The van der Waals surface area contributed by atoms with E-state index in [4.69, 9.17) is 5.73 Å². The van der Waals surface area contributed by atoms with Crippen molar-refractivity contribution in [3.8, 4) is 0 Å². The number of hydrogen-bond donors (Lipinski definition) is 3. The number of benzene rings is 1. The summed E-state index contributed by atoms with van der Waals surface area (Å²) in [6.45, 7) is 2.26. The molecule has 0 heterocycles. The van der Waals surface area contributed by atoms with E-state index in [9.17, 15) is 14.5 Å². The number of nitro groups is 1. The molecule has 7 nitrogen and oxygen atoms in total. The standard InChI is InChI=1S/C10H14FN5O2/c1-3-14-10(12)15-8-5-9(16(17)18)6(11)4-7(8)13-2/h4-5,13H,3H2,1-2H3,(H3,12,14,15). The van der Waals surface area contributed by atoms with Crippen LogP contribution >= 0.6 is 0 Å². The number of anilines is 2. The average molecular weight is 255 g/mol. The van der Waals surface area contributed by atoms with Crippen LogP contribution in [-0.4, -0.2) is 24.5 Å². The summed E-state index contributed by atoms with van der Waals surface area (Å²) in [5.41, 5.74) is 5.57. The molecule has 0 saturated carbocycles. The SMILES string of the molecule is CCN=C(N)Nc1cc([N+](=O)[O-])c(F)cc1NC. The molecule has 1 aromatic carbocycles. The molecule has 1 aromatic rings. The first kappa shape index (κ1) is 13.7. The smallest absolute Gasteiger partial charge is 0.307 e. The number of hydrogen-bond acceptors (Lipinski definition) is 4. The third kappa shape index (κ3) is 3.06. The summed E-state index contributed by atoms with van der Waals surface area (Å²) in [6.07, 6.45) is 0. The van der Waals surface area contributed by atoms with E-state index >= 15 is 0 Å². The Labute approximate surface area is 103 Å². The van der Waals surface area contributed by atoms with Crippen molar-refractivity contribution >= 4 is 23.0 Å². The molecule has 0 aliphatic carbocycles. The highest BCUT2D eigenvalue weighted by Gasteiger charge is 2.18. The fraction of sp³-hybridized carbons (Fsp3) is 0.300. The summed E-state index contributed by atoms with van der Waals surface area (Å²) in [5.74, 6) is -0.809. The molecule has 0 amide bonds. The first-order chi connectivity index (χ1) is 8.49. The Morgan fingerprint density at radius 3 is 2.72 bits per heavy atom. The molecular formula is C10H14FN5O2. The Hall–Kier alpha value is -2.38. The van der Waals surface area contributed by atoms with Crippen LogP contribution in [0.3, 0.4) is 0 Å². The molecule has 0 spiro atoms. The second-order valence-electron chi connectivity index (χ2n) is 3.34. The van der Waals surface area contributed by atoms with Crippen molar-refractivity contribution < 1.29 is 9.31 Å². The number of halogens is 1. The van der Waals surface area contributed by atoms with Crippen LogP contribution in [0.15, 0.2) is 17.1 Å². The molecule has 0 unspecified atom stereocenters. The van der Waals surface area contributed by atoms with Crippen LogP contribution in [0.2, 0.25) is 0 Å². The van der Waals surface area contributed by atoms with Gasteiger partial charge in [-0.15, -0.1) is 0 Å².